The van der Waals surface area contributed by atoms with Crippen molar-refractivity contribution in [3.05, 3.63) is 53.6 Å². The van der Waals surface area contributed by atoms with Crippen molar-refractivity contribution in [1.82, 2.24) is 4.31 Å². The molecule has 0 spiro atoms. The highest BCUT2D eigenvalue weighted by Gasteiger charge is 2.34. The summed E-state index contributed by atoms with van der Waals surface area (Å²) in [5.41, 5.74) is 0.473. The molecule has 0 unspecified atom stereocenters. The summed E-state index contributed by atoms with van der Waals surface area (Å²) in [4.78, 5) is 12.2. The number of halogens is 4. The zero-order valence-corrected chi connectivity index (χ0v) is 17.1. The minimum absolute atomic E-state index is 0.0628. The largest absolute Gasteiger partial charge is 0.573 e. The molecule has 0 aromatic heterocycles. The predicted octanol–water partition coefficient (Wildman–Crippen LogP) is 4.28. The number of ether oxygens (including phenoxy) is 1. The molecule has 1 aliphatic heterocycles. The summed E-state index contributed by atoms with van der Waals surface area (Å²) in [6, 6.07) is 11.0. The second kappa shape index (κ2) is 8.83. The lowest BCUT2D eigenvalue weighted by molar-refractivity contribution is -0.274. The molecule has 11 heteroatoms. The molecule has 1 saturated heterocycles. The van der Waals surface area contributed by atoms with Crippen molar-refractivity contribution < 1.29 is 31.1 Å². The Hall–Kier alpha value is -2.30. The second-order valence-corrected chi connectivity index (χ2v) is 9.02. The molecule has 2 aromatic carbocycles. The number of anilines is 1. The van der Waals surface area contributed by atoms with Crippen molar-refractivity contribution >= 4 is 33.2 Å². The molecule has 6 nitrogen and oxygen atoms in total. The average molecular weight is 463 g/mol. The third kappa shape index (κ3) is 5.44. The first-order chi connectivity index (χ1) is 14.1. The van der Waals surface area contributed by atoms with Gasteiger partial charge in [0.15, 0.2) is 0 Å². The van der Waals surface area contributed by atoms with Crippen LogP contribution < -0.4 is 10.1 Å². The van der Waals surface area contributed by atoms with Crippen molar-refractivity contribution in [3.8, 4) is 5.75 Å². The molecular formula is C19H18ClF3N2O4S. The van der Waals surface area contributed by atoms with Crippen LogP contribution in [0.3, 0.4) is 0 Å². The SMILES string of the molecule is O=C(Nc1ccccc1Cl)C1CCN(S(=O)(=O)c2cccc(OC(F)(F)F)c2)CC1. The third-order valence-electron chi connectivity index (χ3n) is 4.63. The van der Waals surface area contributed by atoms with Gasteiger partial charge in [-0.2, -0.15) is 4.31 Å². The Labute approximate surface area is 176 Å². The minimum atomic E-state index is -4.92. The minimum Gasteiger partial charge on any atom is -0.406 e. The predicted molar refractivity (Wildman–Crippen MR) is 105 cm³/mol. The molecule has 0 aliphatic carbocycles. The van der Waals surface area contributed by atoms with Gasteiger partial charge in [0, 0.05) is 25.1 Å². The Balaban J connectivity index is 1.65. The molecule has 0 atom stereocenters. The Morgan fingerprint density at radius 2 is 1.77 bits per heavy atom. The summed E-state index contributed by atoms with van der Waals surface area (Å²) in [7, 11) is -4.02. The summed E-state index contributed by atoms with van der Waals surface area (Å²) in [5, 5.41) is 3.13. The quantitative estimate of drug-likeness (QED) is 0.719. The van der Waals surface area contributed by atoms with E-state index in [9.17, 15) is 26.4 Å². The van der Waals surface area contributed by atoms with Gasteiger partial charge in [0.05, 0.1) is 15.6 Å². The molecule has 1 heterocycles. The van der Waals surface area contributed by atoms with Gasteiger partial charge in [-0.1, -0.05) is 29.8 Å². The number of rotatable bonds is 5. The molecule has 0 bridgehead atoms. The fourth-order valence-electron chi connectivity index (χ4n) is 3.14. The molecule has 3 rings (SSSR count). The van der Waals surface area contributed by atoms with Gasteiger partial charge in [-0.25, -0.2) is 8.42 Å². The van der Waals surface area contributed by atoms with Gasteiger partial charge in [0.2, 0.25) is 15.9 Å². The Morgan fingerprint density at radius 3 is 2.40 bits per heavy atom. The highest BCUT2D eigenvalue weighted by molar-refractivity contribution is 7.89. The number of nitrogens with one attached hydrogen (secondary N) is 1. The van der Waals surface area contributed by atoms with Crippen LogP contribution in [-0.4, -0.2) is 38.1 Å². The van der Waals surface area contributed by atoms with E-state index in [0.29, 0.717) is 10.7 Å². The van der Waals surface area contributed by atoms with Crippen molar-refractivity contribution in [2.24, 2.45) is 5.92 Å². The van der Waals surface area contributed by atoms with Crippen LogP contribution in [0.5, 0.6) is 5.75 Å². The summed E-state index contributed by atoms with van der Waals surface area (Å²) in [6.45, 7) is 0.126. The molecule has 1 fully saturated rings. The van der Waals surface area contributed by atoms with Crippen molar-refractivity contribution in [2.75, 3.05) is 18.4 Å². The highest BCUT2D eigenvalue weighted by atomic mass is 35.5. The Morgan fingerprint density at radius 1 is 1.10 bits per heavy atom. The maximum absolute atomic E-state index is 12.8. The smallest absolute Gasteiger partial charge is 0.406 e. The summed E-state index contributed by atoms with van der Waals surface area (Å²) in [5.74, 6) is -1.29. The van der Waals surface area contributed by atoms with Gasteiger partial charge in [0.25, 0.3) is 0 Å². The number of amides is 1. The van der Waals surface area contributed by atoms with Crippen LogP contribution in [0.15, 0.2) is 53.4 Å². The van der Waals surface area contributed by atoms with Crippen LogP contribution in [0.2, 0.25) is 5.02 Å². The number of carbonyl (C=O) groups excluding carboxylic acids is 1. The molecule has 1 amide bonds. The lowest BCUT2D eigenvalue weighted by atomic mass is 9.97. The number of alkyl halides is 3. The fraction of sp³-hybridized carbons (Fsp3) is 0.316. The monoisotopic (exact) mass is 462 g/mol. The van der Waals surface area contributed by atoms with Crippen LogP contribution in [-0.2, 0) is 14.8 Å². The van der Waals surface area contributed by atoms with E-state index in [-0.39, 0.29) is 36.7 Å². The van der Waals surface area contributed by atoms with Gasteiger partial charge in [-0.05, 0) is 37.1 Å². The van der Waals surface area contributed by atoms with Crippen molar-refractivity contribution in [3.63, 3.8) is 0 Å². The van der Waals surface area contributed by atoms with Gasteiger partial charge < -0.3 is 10.1 Å². The number of carbonyl (C=O) groups is 1. The average Bonchev–Trinajstić information content (AvgIpc) is 2.69. The lowest BCUT2D eigenvalue weighted by Crippen LogP contribution is -2.41. The van der Waals surface area contributed by atoms with Gasteiger partial charge in [-0.3, -0.25) is 4.79 Å². The highest BCUT2D eigenvalue weighted by Crippen LogP contribution is 2.29. The van der Waals surface area contributed by atoms with E-state index in [4.69, 9.17) is 11.6 Å². The maximum atomic E-state index is 12.8. The van der Waals surface area contributed by atoms with E-state index in [0.717, 1.165) is 16.4 Å². The van der Waals surface area contributed by atoms with Gasteiger partial charge in [-0.15, -0.1) is 13.2 Å². The Kier molecular flexibility index (Phi) is 6.59. The molecular weight excluding hydrogens is 445 g/mol. The molecule has 2 aromatic rings. The first kappa shape index (κ1) is 22.4. The maximum Gasteiger partial charge on any atom is 0.573 e. The molecule has 162 valence electrons. The number of hydrogen-bond donors (Lipinski definition) is 1. The Bertz CT molecular complexity index is 1020. The van der Waals surface area contributed by atoms with E-state index in [1.165, 1.54) is 12.1 Å². The summed E-state index contributed by atoms with van der Waals surface area (Å²) in [6.07, 6.45) is -4.38. The topological polar surface area (TPSA) is 75.7 Å². The van der Waals surface area contributed by atoms with E-state index < -0.39 is 28.1 Å². The molecule has 0 saturated carbocycles. The molecule has 30 heavy (non-hydrogen) atoms. The first-order valence-electron chi connectivity index (χ1n) is 8.97. The standard InChI is InChI=1S/C19H18ClF3N2O4S/c20-16-6-1-2-7-17(16)24-18(26)13-8-10-25(11-9-13)30(27,28)15-5-3-4-14(12-15)29-19(21,22)23/h1-7,12-13H,8-11H2,(H,24,26). The van der Waals surface area contributed by atoms with Gasteiger partial charge >= 0.3 is 6.36 Å². The number of hydrogen-bond acceptors (Lipinski definition) is 4. The van der Waals surface area contributed by atoms with Gasteiger partial charge in [0.1, 0.15) is 5.75 Å². The second-order valence-electron chi connectivity index (χ2n) is 6.67. The summed E-state index contributed by atoms with van der Waals surface area (Å²) < 4.78 is 67.7. The van der Waals surface area contributed by atoms with Crippen LogP contribution in [0.1, 0.15) is 12.8 Å². The normalized spacial score (nSPS) is 16.3. The van der Waals surface area contributed by atoms with Crippen LogP contribution in [0, 0.1) is 5.92 Å². The van der Waals surface area contributed by atoms with Crippen molar-refractivity contribution in [1.29, 1.82) is 0 Å². The number of piperidine rings is 1. The molecule has 1 N–H and O–H groups in total. The first-order valence-corrected chi connectivity index (χ1v) is 10.8. The number of sulfonamides is 1. The number of benzene rings is 2. The number of para-hydroxylation sites is 1. The van der Waals surface area contributed by atoms with E-state index in [1.54, 1.807) is 24.3 Å². The third-order valence-corrected chi connectivity index (χ3v) is 6.86. The fourth-order valence-corrected chi connectivity index (χ4v) is 4.82. The van der Waals surface area contributed by atoms with E-state index >= 15 is 0 Å². The number of nitrogens with zero attached hydrogens (tertiary/aromatic N) is 1. The summed E-state index contributed by atoms with van der Waals surface area (Å²) >= 11 is 6.03. The molecule has 0 radical (unpaired) electrons. The van der Waals surface area contributed by atoms with Crippen LogP contribution in [0.25, 0.3) is 0 Å². The molecule has 1 aliphatic rings. The van der Waals surface area contributed by atoms with E-state index in [2.05, 4.69) is 10.1 Å². The van der Waals surface area contributed by atoms with Crippen LogP contribution >= 0.6 is 11.6 Å². The van der Waals surface area contributed by atoms with Crippen molar-refractivity contribution in [2.45, 2.75) is 24.1 Å². The van der Waals surface area contributed by atoms with Crippen LogP contribution in [0.4, 0.5) is 18.9 Å². The lowest BCUT2D eigenvalue weighted by Gasteiger charge is -2.30. The zero-order valence-electron chi connectivity index (χ0n) is 15.5. The van der Waals surface area contributed by atoms with E-state index in [1.807, 2.05) is 0 Å². The zero-order chi connectivity index (χ0) is 21.9.